The SMILES string of the molecule is O=c1cc[nH]c(-c2ncnc3nc[nH]c23)c1. The number of rotatable bonds is 1. The summed E-state index contributed by atoms with van der Waals surface area (Å²) in [6.07, 6.45) is 4.55. The van der Waals surface area contributed by atoms with Crippen molar-refractivity contribution in [2.75, 3.05) is 0 Å². The molecule has 0 aromatic carbocycles. The van der Waals surface area contributed by atoms with E-state index in [2.05, 4.69) is 24.9 Å². The monoisotopic (exact) mass is 213 g/mol. The molecule has 3 aromatic rings. The minimum atomic E-state index is -0.0694. The number of hydrogen-bond donors (Lipinski definition) is 2. The fraction of sp³-hybridized carbons (Fsp3) is 0. The minimum absolute atomic E-state index is 0.0694. The Hall–Kier alpha value is -2.50. The van der Waals surface area contributed by atoms with E-state index in [-0.39, 0.29) is 5.43 Å². The van der Waals surface area contributed by atoms with Crippen LogP contribution in [0.4, 0.5) is 0 Å². The van der Waals surface area contributed by atoms with E-state index in [1.165, 1.54) is 18.5 Å². The lowest BCUT2D eigenvalue weighted by atomic mass is 10.2. The summed E-state index contributed by atoms with van der Waals surface area (Å²) in [4.78, 5) is 29.3. The molecule has 6 heteroatoms. The zero-order valence-corrected chi connectivity index (χ0v) is 8.14. The van der Waals surface area contributed by atoms with Gasteiger partial charge in [-0.1, -0.05) is 0 Å². The van der Waals surface area contributed by atoms with Crippen LogP contribution in [0, 0.1) is 0 Å². The van der Waals surface area contributed by atoms with Gasteiger partial charge in [-0.2, -0.15) is 0 Å². The molecule has 0 spiro atoms. The number of aromatic nitrogens is 5. The van der Waals surface area contributed by atoms with Crippen molar-refractivity contribution < 1.29 is 0 Å². The van der Waals surface area contributed by atoms with Crippen molar-refractivity contribution in [1.82, 2.24) is 24.9 Å². The average Bonchev–Trinajstić information content (AvgIpc) is 2.76. The van der Waals surface area contributed by atoms with E-state index in [1.807, 2.05) is 0 Å². The van der Waals surface area contributed by atoms with Crippen molar-refractivity contribution in [3.8, 4) is 11.4 Å². The second kappa shape index (κ2) is 3.27. The van der Waals surface area contributed by atoms with Gasteiger partial charge in [-0.15, -0.1) is 0 Å². The molecule has 0 aliphatic rings. The van der Waals surface area contributed by atoms with Crippen LogP contribution in [-0.4, -0.2) is 24.9 Å². The summed E-state index contributed by atoms with van der Waals surface area (Å²) in [6.45, 7) is 0. The molecule has 0 amide bonds. The van der Waals surface area contributed by atoms with E-state index in [1.54, 1.807) is 12.5 Å². The first-order valence-corrected chi connectivity index (χ1v) is 4.68. The van der Waals surface area contributed by atoms with Crippen LogP contribution in [0.2, 0.25) is 0 Å². The molecule has 0 saturated heterocycles. The Morgan fingerprint density at radius 2 is 2.06 bits per heavy atom. The largest absolute Gasteiger partial charge is 0.360 e. The van der Waals surface area contributed by atoms with E-state index in [4.69, 9.17) is 0 Å². The summed E-state index contributed by atoms with van der Waals surface area (Å²) in [5, 5.41) is 0. The van der Waals surface area contributed by atoms with Crippen LogP contribution in [0.15, 0.2) is 35.8 Å². The molecule has 3 heterocycles. The average molecular weight is 213 g/mol. The van der Waals surface area contributed by atoms with Crippen molar-refractivity contribution >= 4 is 11.2 Å². The van der Waals surface area contributed by atoms with Crippen LogP contribution >= 0.6 is 0 Å². The van der Waals surface area contributed by atoms with E-state index in [9.17, 15) is 4.79 Å². The van der Waals surface area contributed by atoms with Gasteiger partial charge in [0.25, 0.3) is 0 Å². The second-order valence-electron chi connectivity index (χ2n) is 3.26. The molecule has 0 saturated carbocycles. The quantitative estimate of drug-likeness (QED) is 0.623. The Morgan fingerprint density at radius 3 is 2.94 bits per heavy atom. The van der Waals surface area contributed by atoms with E-state index in [0.29, 0.717) is 22.6 Å². The van der Waals surface area contributed by atoms with Gasteiger partial charge in [0.15, 0.2) is 11.1 Å². The Balaban J connectivity index is 2.33. The molecule has 0 fully saturated rings. The highest BCUT2D eigenvalue weighted by molar-refractivity contribution is 5.85. The number of H-pyrrole nitrogens is 2. The molecule has 0 unspecified atom stereocenters. The van der Waals surface area contributed by atoms with Gasteiger partial charge in [0.1, 0.15) is 17.5 Å². The molecule has 3 aromatic heterocycles. The summed E-state index contributed by atoms with van der Waals surface area (Å²) in [5.74, 6) is 0. The third kappa shape index (κ3) is 1.28. The van der Waals surface area contributed by atoms with Crippen LogP contribution in [0.1, 0.15) is 0 Å². The summed E-state index contributed by atoms with van der Waals surface area (Å²) in [6, 6.07) is 2.94. The summed E-state index contributed by atoms with van der Waals surface area (Å²) in [7, 11) is 0. The van der Waals surface area contributed by atoms with Gasteiger partial charge in [-0.05, 0) is 0 Å². The van der Waals surface area contributed by atoms with Gasteiger partial charge in [0, 0.05) is 18.3 Å². The van der Waals surface area contributed by atoms with Crippen molar-refractivity contribution in [3.05, 3.63) is 41.2 Å². The lowest BCUT2D eigenvalue weighted by molar-refractivity contribution is 1.18. The number of nitrogens with zero attached hydrogens (tertiary/aromatic N) is 3. The highest BCUT2D eigenvalue weighted by Gasteiger charge is 2.08. The molecule has 0 aliphatic heterocycles. The summed E-state index contributed by atoms with van der Waals surface area (Å²) >= 11 is 0. The lowest BCUT2D eigenvalue weighted by Gasteiger charge is -2.00. The maximum atomic E-state index is 11.2. The number of imidazole rings is 1. The predicted molar refractivity (Wildman–Crippen MR) is 57.7 cm³/mol. The molecule has 78 valence electrons. The van der Waals surface area contributed by atoms with Crippen LogP contribution in [0.5, 0.6) is 0 Å². The first-order valence-electron chi connectivity index (χ1n) is 4.68. The maximum Gasteiger partial charge on any atom is 0.182 e. The normalized spacial score (nSPS) is 10.8. The Kier molecular flexibility index (Phi) is 1.79. The number of hydrogen-bond acceptors (Lipinski definition) is 4. The molecule has 16 heavy (non-hydrogen) atoms. The topological polar surface area (TPSA) is 87.3 Å². The van der Waals surface area contributed by atoms with Crippen molar-refractivity contribution in [2.24, 2.45) is 0 Å². The van der Waals surface area contributed by atoms with Crippen LogP contribution < -0.4 is 5.43 Å². The van der Waals surface area contributed by atoms with E-state index in [0.717, 1.165) is 0 Å². The molecule has 0 radical (unpaired) electrons. The van der Waals surface area contributed by atoms with E-state index < -0.39 is 0 Å². The van der Waals surface area contributed by atoms with Gasteiger partial charge < -0.3 is 9.97 Å². The molecule has 0 bridgehead atoms. The molecule has 0 aliphatic carbocycles. The van der Waals surface area contributed by atoms with Gasteiger partial charge in [-0.25, -0.2) is 15.0 Å². The molecule has 3 rings (SSSR count). The first kappa shape index (κ1) is 8.78. The number of fused-ring (bicyclic) bond motifs is 1. The van der Waals surface area contributed by atoms with Gasteiger partial charge in [0.2, 0.25) is 0 Å². The number of aromatic amines is 2. The Bertz CT molecular complexity index is 699. The Morgan fingerprint density at radius 1 is 1.12 bits per heavy atom. The number of nitrogens with one attached hydrogen (secondary N) is 2. The molecule has 2 N–H and O–H groups in total. The highest BCUT2D eigenvalue weighted by atomic mass is 16.1. The van der Waals surface area contributed by atoms with Crippen molar-refractivity contribution in [2.45, 2.75) is 0 Å². The fourth-order valence-corrected chi connectivity index (χ4v) is 1.55. The number of pyridine rings is 1. The zero-order chi connectivity index (χ0) is 11.0. The maximum absolute atomic E-state index is 11.2. The Labute approximate surface area is 89.4 Å². The van der Waals surface area contributed by atoms with Crippen molar-refractivity contribution in [1.29, 1.82) is 0 Å². The van der Waals surface area contributed by atoms with Crippen LogP contribution in [-0.2, 0) is 0 Å². The smallest absolute Gasteiger partial charge is 0.182 e. The zero-order valence-electron chi connectivity index (χ0n) is 8.14. The third-order valence-corrected chi connectivity index (χ3v) is 2.25. The fourth-order valence-electron chi connectivity index (χ4n) is 1.55. The van der Waals surface area contributed by atoms with E-state index >= 15 is 0 Å². The second-order valence-corrected chi connectivity index (χ2v) is 3.26. The lowest BCUT2D eigenvalue weighted by Crippen LogP contribution is -1.99. The van der Waals surface area contributed by atoms with Crippen LogP contribution in [0.3, 0.4) is 0 Å². The minimum Gasteiger partial charge on any atom is -0.360 e. The molecule has 6 nitrogen and oxygen atoms in total. The predicted octanol–water partition coefficient (Wildman–Crippen LogP) is 0.708. The molecular weight excluding hydrogens is 206 g/mol. The molecular formula is C10H7N5O. The van der Waals surface area contributed by atoms with Gasteiger partial charge >= 0.3 is 0 Å². The first-order chi connectivity index (χ1) is 7.84. The summed E-state index contributed by atoms with van der Waals surface area (Å²) < 4.78 is 0. The molecule has 0 atom stereocenters. The summed E-state index contributed by atoms with van der Waals surface area (Å²) in [5.41, 5.74) is 2.50. The highest BCUT2D eigenvalue weighted by Crippen LogP contribution is 2.18. The van der Waals surface area contributed by atoms with Gasteiger partial charge in [0.05, 0.1) is 12.0 Å². The van der Waals surface area contributed by atoms with Gasteiger partial charge in [-0.3, -0.25) is 4.79 Å². The van der Waals surface area contributed by atoms with Crippen LogP contribution in [0.25, 0.3) is 22.6 Å². The van der Waals surface area contributed by atoms with Crippen molar-refractivity contribution in [3.63, 3.8) is 0 Å². The third-order valence-electron chi connectivity index (χ3n) is 2.25. The standard InChI is InChI=1S/C10H7N5O/c16-6-1-2-11-7(3-6)8-9-10(14-4-12-8)15-5-13-9/h1-5H,(H,11,16)(H,12,13,14,15).